The van der Waals surface area contributed by atoms with E-state index in [4.69, 9.17) is 0 Å². The molecular formula is C19H30N4O. The molecule has 2 atom stereocenters. The molecule has 1 aromatic carbocycles. The lowest BCUT2D eigenvalue weighted by atomic mass is 10.1. The Hall–Kier alpha value is -1.75. The van der Waals surface area contributed by atoms with Gasteiger partial charge in [0.05, 0.1) is 0 Å². The Kier molecular flexibility index (Phi) is 5.29. The fourth-order valence-corrected chi connectivity index (χ4v) is 3.96. The van der Waals surface area contributed by atoms with Gasteiger partial charge in [-0.3, -0.25) is 0 Å². The van der Waals surface area contributed by atoms with Gasteiger partial charge in [-0.25, -0.2) is 4.79 Å². The summed E-state index contributed by atoms with van der Waals surface area (Å²) >= 11 is 0. The number of nitrogens with one attached hydrogen (secondary N) is 1. The van der Waals surface area contributed by atoms with Gasteiger partial charge >= 0.3 is 6.03 Å². The standard InChI is InChI=1S/C19H30N4O/c1-15(23-11-9-17-6-4-5-7-18(17)23)12-20-19(24)22-10-8-16(14-22)13-21(2)3/h4-7,15-16H,8-14H2,1-3H3,(H,20,24)/t15-,16+/m0/s1. The van der Waals surface area contributed by atoms with E-state index in [1.807, 2.05) is 4.90 Å². The maximum atomic E-state index is 12.4. The van der Waals surface area contributed by atoms with Crippen LogP contribution < -0.4 is 10.2 Å². The van der Waals surface area contributed by atoms with Gasteiger partial charge in [0.15, 0.2) is 0 Å². The van der Waals surface area contributed by atoms with Gasteiger partial charge in [-0.15, -0.1) is 0 Å². The van der Waals surface area contributed by atoms with Crippen LogP contribution in [0.15, 0.2) is 24.3 Å². The van der Waals surface area contributed by atoms with Gasteiger partial charge < -0.3 is 20.0 Å². The van der Waals surface area contributed by atoms with Crippen molar-refractivity contribution in [1.82, 2.24) is 15.1 Å². The van der Waals surface area contributed by atoms with Crippen molar-refractivity contribution in [2.45, 2.75) is 25.8 Å². The highest BCUT2D eigenvalue weighted by molar-refractivity contribution is 5.74. The fraction of sp³-hybridized carbons (Fsp3) is 0.632. The number of urea groups is 1. The molecule has 0 spiro atoms. The fourth-order valence-electron chi connectivity index (χ4n) is 3.96. The molecule has 0 radical (unpaired) electrons. The molecule has 3 rings (SSSR count). The molecule has 0 unspecified atom stereocenters. The number of hydrogen-bond donors (Lipinski definition) is 1. The second kappa shape index (κ2) is 7.43. The molecule has 0 bridgehead atoms. The molecule has 0 aromatic heterocycles. The Balaban J connectivity index is 1.47. The minimum absolute atomic E-state index is 0.0931. The summed E-state index contributed by atoms with van der Waals surface area (Å²) in [6.07, 6.45) is 2.22. The maximum absolute atomic E-state index is 12.4. The number of fused-ring (bicyclic) bond motifs is 1. The van der Waals surface area contributed by atoms with E-state index in [2.05, 4.69) is 60.4 Å². The van der Waals surface area contributed by atoms with Crippen LogP contribution in [0.1, 0.15) is 18.9 Å². The number of nitrogens with zero attached hydrogens (tertiary/aromatic N) is 3. The molecular weight excluding hydrogens is 300 g/mol. The van der Waals surface area contributed by atoms with E-state index in [1.165, 1.54) is 11.3 Å². The van der Waals surface area contributed by atoms with Crippen molar-refractivity contribution in [1.29, 1.82) is 0 Å². The van der Waals surface area contributed by atoms with Crippen LogP contribution in [0.4, 0.5) is 10.5 Å². The van der Waals surface area contributed by atoms with E-state index >= 15 is 0 Å². The van der Waals surface area contributed by atoms with Gasteiger partial charge in [0, 0.05) is 44.5 Å². The van der Waals surface area contributed by atoms with Gasteiger partial charge in [0.1, 0.15) is 0 Å². The second-order valence-corrected chi connectivity index (χ2v) is 7.47. The number of carbonyl (C=O) groups is 1. The molecule has 1 fully saturated rings. The lowest BCUT2D eigenvalue weighted by Crippen LogP contribution is -2.46. The Morgan fingerprint density at radius 3 is 2.92 bits per heavy atom. The van der Waals surface area contributed by atoms with E-state index in [1.54, 1.807) is 0 Å². The quantitative estimate of drug-likeness (QED) is 0.898. The molecule has 0 aliphatic carbocycles. The molecule has 2 aliphatic heterocycles. The van der Waals surface area contributed by atoms with Gasteiger partial charge in [0.25, 0.3) is 0 Å². The van der Waals surface area contributed by atoms with Crippen LogP contribution in [-0.4, -0.2) is 68.7 Å². The van der Waals surface area contributed by atoms with Gasteiger partial charge in [0.2, 0.25) is 0 Å². The molecule has 24 heavy (non-hydrogen) atoms. The van der Waals surface area contributed by atoms with Gasteiger partial charge in [-0.1, -0.05) is 18.2 Å². The van der Waals surface area contributed by atoms with Gasteiger partial charge in [-0.2, -0.15) is 0 Å². The van der Waals surface area contributed by atoms with Crippen molar-refractivity contribution in [3.8, 4) is 0 Å². The van der Waals surface area contributed by atoms with Crippen LogP contribution >= 0.6 is 0 Å². The molecule has 2 amide bonds. The summed E-state index contributed by atoms with van der Waals surface area (Å²) in [5.74, 6) is 0.605. The van der Waals surface area contributed by atoms with Gasteiger partial charge in [-0.05, 0) is 51.4 Å². The first-order valence-electron chi connectivity index (χ1n) is 9.06. The number of hydrogen-bond acceptors (Lipinski definition) is 3. The lowest BCUT2D eigenvalue weighted by molar-refractivity contribution is 0.205. The topological polar surface area (TPSA) is 38.8 Å². The van der Waals surface area contributed by atoms with Crippen LogP contribution in [0, 0.1) is 5.92 Å². The smallest absolute Gasteiger partial charge is 0.317 e. The summed E-state index contributed by atoms with van der Waals surface area (Å²) in [4.78, 5) is 19.0. The third-order valence-corrected chi connectivity index (χ3v) is 5.20. The highest BCUT2D eigenvalue weighted by atomic mass is 16.2. The number of benzene rings is 1. The number of anilines is 1. The first kappa shape index (κ1) is 17.1. The molecule has 1 aromatic rings. The number of carbonyl (C=O) groups excluding carboxylic acids is 1. The molecule has 5 nitrogen and oxygen atoms in total. The highest BCUT2D eigenvalue weighted by Gasteiger charge is 2.28. The Morgan fingerprint density at radius 1 is 1.33 bits per heavy atom. The van der Waals surface area contributed by atoms with Crippen LogP contribution in [0.5, 0.6) is 0 Å². The zero-order valence-corrected chi connectivity index (χ0v) is 15.2. The zero-order valence-electron chi connectivity index (χ0n) is 15.2. The molecule has 0 saturated carbocycles. The van der Waals surface area contributed by atoms with Crippen LogP contribution in [0.3, 0.4) is 0 Å². The summed E-state index contributed by atoms with van der Waals surface area (Å²) in [5.41, 5.74) is 2.74. The van der Waals surface area contributed by atoms with Crippen LogP contribution in [0.2, 0.25) is 0 Å². The molecule has 132 valence electrons. The predicted octanol–water partition coefficient (Wildman–Crippen LogP) is 2.03. The molecule has 1 saturated heterocycles. The van der Waals surface area contributed by atoms with Crippen molar-refractivity contribution in [3.05, 3.63) is 29.8 Å². The number of amides is 2. The molecule has 5 heteroatoms. The normalized spacial score (nSPS) is 21.2. The van der Waals surface area contributed by atoms with Crippen molar-refractivity contribution >= 4 is 11.7 Å². The van der Waals surface area contributed by atoms with Crippen LogP contribution in [0.25, 0.3) is 0 Å². The monoisotopic (exact) mass is 330 g/mol. The summed E-state index contributed by atoms with van der Waals surface area (Å²) < 4.78 is 0. The minimum atomic E-state index is 0.0931. The van der Waals surface area contributed by atoms with Crippen molar-refractivity contribution in [3.63, 3.8) is 0 Å². The average Bonchev–Trinajstić information content (AvgIpc) is 3.18. The van der Waals surface area contributed by atoms with Crippen molar-refractivity contribution in [2.75, 3.05) is 51.7 Å². The van der Waals surface area contributed by atoms with E-state index in [9.17, 15) is 4.79 Å². The van der Waals surface area contributed by atoms with E-state index < -0.39 is 0 Å². The summed E-state index contributed by atoms with van der Waals surface area (Å²) in [6.45, 7) is 6.76. The number of likely N-dealkylation sites (tertiary alicyclic amines) is 1. The van der Waals surface area contributed by atoms with E-state index in [0.29, 0.717) is 18.5 Å². The van der Waals surface area contributed by atoms with Crippen molar-refractivity contribution in [2.24, 2.45) is 5.92 Å². The van der Waals surface area contributed by atoms with E-state index in [0.717, 1.165) is 39.0 Å². The predicted molar refractivity (Wildman–Crippen MR) is 98.6 cm³/mol. The molecule has 2 heterocycles. The maximum Gasteiger partial charge on any atom is 0.317 e. The molecule has 2 aliphatic rings. The average molecular weight is 330 g/mol. The first-order chi connectivity index (χ1) is 11.5. The zero-order chi connectivity index (χ0) is 17.1. The minimum Gasteiger partial charge on any atom is -0.366 e. The van der Waals surface area contributed by atoms with E-state index in [-0.39, 0.29) is 6.03 Å². The SMILES string of the molecule is C[C@@H](CNC(=O)N1CC[C@H](CN(C)C)C1)N1CCc2ccccc21. The lowest BCUT2D eigenvalue weighted by Gasteiger charge is -2.28. The molecule has 1 N–H and O–H groups in total. The largest absolute Gasteiger partial charge is 0.366 e. The van der Waals surface area contributed by atoms with Crippen LogP contribution in [-0.2, 0) is 6.42 Å². The summed E-state index contributed by atoms with van der Waals surface area (Å²) in [5, 5.41) is 3.14. The van der Waals surface area contributed by atoms with Crippen molar-refractivity contribution < 1.29 is 4.79 Å². The second-order valence-electron chi connectivity index (χ2n) is 7.47. The third-order valence-electron chi connectivity index (χ3n) is 5.20. The Morgan fingerprint density at radius 2 is 2.12 bits per heavy atom. The number of rotatable bonds is 5. The highest BCUT2D eigenvalue weighted by Crippen LogP contribution is 2.28. The summed E-state index contributed by atoms with van der Waals surface area (Å²) in [7, 11) is 4.19. The Labute approximate surface area is 145 Å². The number of para-hydroxylation sites is 1. The first-order valence-corrected chi connectivity index (χ1v) is 9.06. The summed E-state index contributed by atoms with van der Waals surface area (Å²) in [6, 6.07) is 9.00. The third kappa shape index (κ3) is 3.83. The Bertz CT molecular complexity index is 574.